The molecular formula is C39H58N3O6S2+. The van der Waals surface area contributed by atoms with Crippen molar-refractivity contribution in [1.29, 1.82) is 0 Å². The number of esters is 2. The Hall–Kier alpha value is -1.53. The fraction of sp³-hybridized carbons (Fsp3) is 0.821. The molecule has 276 valence electrons. The molecule has 11 atom stereocenters. The Morgan fingerprint density at radius 3 is 2.68 bits per heavy atom. The molecule has 0 bridgehead atoms. The normalized spacial score (nSPS) is 44.6. The van der Waals surface area contributed by atoms with Crippen LogP contribution in [-0.4, -0.2) is 82.0 Å². The Morgan fingerprint density at radius 1 is 1.10 bits per heavy atom. The summed E-state index contributed by atoms with van der Waals surface area (Å²) >= 11 is 0. The Bertz CT molecular complexity index is 1430. The van der Waals surface area contributed by atoms with Gasteiger partial charge in [-0.15, -0.1) is 0 Å². The number of ether oxygens (including phenoxy) is 3. The lowest BCUT2D eigenvalue weighted by Gasteiger charge is -2.57. The lowest BCUT2D eigenvalue weighted by atomic mass is 9.56. The van der Waals surface area contributed by atoms with Crippen molar-refractivity contribution in [3.05, 3.63) is 23.3 Å². The molecule has 5 saturated heterocycles. The standard InChI is InChI=1S/C39H57N3O6S2/c1-4-23(2)36(45)48-37(3)14-10-25-22-49-50-38(12-6-5-7-13-38)31-11-15-42(31)33(43)17-27-21-41-32(40)18-28(27)35(25)39(37)20-26-16-24-8-9-34(44)46-29(24)19-30(26)47-39/h4,10,24,26-32,35,41H,5-9,11-22,40H2,1-3H3/p+1. The average molecular weight is 729 g/mol. The van der Waals surface area contributed by atoms with E-state index >= 15 is 0 Å². The lowest BCUT2D eigenvalue weighted by Crippen LogP contribution is -2.96. The van der Waals surface area contributed by atoms with Crippen molar-refractivity contribution in [2.75, 3.05) is 18.8 Å². The summed E-state index contributed by atoms with van der Waals surface area (Å²) in [7, 11) is 4.05. The molecule has 0 aromatic heterocycles. The maximum absolute atomic E-state index is 14.4. The number of carbonyl (C=O) groups is 3. The molecule has 50 heavy (non-hydrogen) atoms. The number of carbonyl (C=O) groups excluding carboxylic acids is 3. The second-order valence-corrected chi connectivity index (χ2v) is 19.9. The van der Waals surface area contributed by atoms with Crippen LogP contribution in [0.25, 0.3) is 0 Å². The van der Waals surface area contributed by atoms with E-state index in [9.17, 15) is 14.4 Å². The van der Waals surface area contributed by atoms with Crippen molar-refractivity contribution in [3.8, 4) is 0 Å². The van der Waals surface area contributed by atoms with Crippen LogP contribution in [-0.2, 0) is 28.6 Å². The summed E-state index contributed by atoms with van der Waals surface area (Å²) in [6.45, 7) is 7.49. The van der Waals surface area contributed by atoms with Crippen LogP contribution in [0.1, 0.15) is 111 Å². The summed E-state index contributed by atoms with van der Waals surface area (Å²) in [5.41, 5.74) is 7.09. The van der Waals surface area contributed by atoms with Crippen molar-refractivity contribution in [1.82, 2.24) is 4.90 Å². The minimum atomic E-state index is -0.913. The predicted octanol–water partition coefficient (Wildman–Crippen LogP) is 5.03. The highest BCUT2D eigenvalue weighted by atomic mass is 33.1. The number of amides is 1. The number of piperidine rings is 1. The molecule has 2 spiro atoms. The molecule has 9 nitrogen and oxygen atoms in total. The molecule has 4 N–H and O–H groups in total. The van der Waals surface area contributed by atoms with E-state index in [0.29, 0.717) is 49.1 Å². The van der Waals surface area contributed by atoms with Crippen molar-refractivity contribution < 1.29 is 33.9 Å². The number of nitrogens with two attached hydrogens (primary N) is 2. The Morgan fingerprint density at radius 2 is 1.92 bits per heavy atom. The molecule has 8 rings (SSSR count). The third-order valence-electron chi connectivity index (χ3n) is 14.5. The first-order valence-electron chi connectivity index (χ1n) is 19.7. The maximum Gasteiger partial charge on any atom is 0.334 e. The van der Waals surface area contributed by atoms with Crippen LogP contribution >= 0.6 is 21.6 Å². The van der Waals surface area contributed by atoms with Gasteiger partial charge >= 0.3 is 11.9 Å². The third-order valence-corrected chi connectivity index (χ3v) is 17.8. The summed E-state index contributed by atoms with van der Waals surface area (Å²) in [6.07, 6.45) is 16.9. The largest absolute Gasteiger partial charge is 0.462 e. The lowest BCUT2D eigenvalue weighted by molar-refractivity contribution is -0.706. The van der Waals surface area contributed by atoms with Crippen LogP contribution in [0.5, 0.6) is 0 Å². The van der Waals surface area contributed by atoms with Crippen LogP contribution in [0.4, 0.5) is 0 Å². The minimum absolute atomic E-state index is 0.0466. The highest BCUT2D eigenvalue weighted by Crippen LogP contribution is 2.62. The van der Waals surface area contributed by atoms with Crippen LogP contribution < -0.4 is 11.1 Å². The van der Waals surface area contributed by atoms with Gasteiger partial charge in [0.25, 0.3) is 0 Å². The van der Waals surface area contributed by atoms with Crippen LogP contribution in [0.15, 0.2) is 23.3 Å². The number of fused-ring (bicyclic) bond motifs is 8. The van der Waals surface area contributed by atoms with Gasteiger partial charge in [-0.3, -0.25) is 15.3 Å². The molecular weight excluding hydrogens is 671 g/mol. The van der Waals surface area contributed by atoms with Gasteiger partial charge in [0.15, 0.2) is 0 Å². The summed E-state index contributed by atoms with van der Waals surface area (Å²) in [5.74, 6) is 1.62. The van der Waals surface area contributed by atoms with Gasteiger partial charge in [0.2, 0.25) is 5.91 Å². The number of nitrogens with zero attached hydrogens (tertiary/aromatic N) is 1. The van der Waals surface area contributed by atoms with E-state index in [0.717, 1.165) is 50.9 Å². The zero-order chi connectivity index (χ0) is 34.8. The number of hydrogen-bond donors (Lipinski definition) is 2. The molecule has 11 heteroatoms. The van der Waals surface area contributed by atoms with Gasteiger partial charge in [-0.2, -0.15) is 0 Å². The van der Waals surface area contributed by atoms with E-state index in [1.807, 2.05) is 30.7 Å². The Balaban J connectivity index is 1.21. The van der Waals surface area contributed by atoms with E-state index in [2.05, 4.69) is 34.0 Å². The van der Waals surface area contributed by atoms with Crippen LogP contribution in [0.3, 0.4) is 0 Å². The number of rotatable bonds is 2. The van der Waals surface area contributed by atoms with E-state index in [1.165, 1.54) is 37.7 Å². The fourth-order valence-electron chi connectivity index (χ4n) is 11.6. The van der Waals surface area contributed by atoms with Crippen molar-refractivity contribution >= 4 is 39.4 Å². The monoisotopic (exact) mass is 728 g/mol. The molecule has 8 aliphatic rings. The van der Waals surface area contributed by atoms with Crippen LogP contribution in [0, 0.1) is 29.6 Å². The first-order valence-corrected chi connectivity index (χ1v) is 22.0. The van der Waals surface area contributed by atoms with Crippen molar-refractivity contribution in [3.63, 3.8) is 0 Å². The van der Waals surface area contributed by atoms with E-state index in [4.69, 9.17) is 19.9 Å². The third kappa shape index (κ3) is 6.01. The second-order valence-electron chi connectivity index (χ2n) is 17.2. The van der Waals surface area contributed by atoms with Gasteiger partial charge < -0.3 is 24.4 Å². The van der Waals surface area contributed by atoms with Crippen LogP contribution in [0.2, 0.25) is 0 Å². The first kappa shape index (κ1) is 35.5. The number of quaternary nitrogens is 1. The number of allylic oxidation sites excluding steroid dienone is 1. The van der Waals surface area contributed by atoms with E-state index < -0.39 is 11.2 Å². The van der Waals surface area contributed by atoms with Gasteiger partial charge in [0.05, 0.1) is 12.6 Å². The van der Waals surface area contributed by atoms with Crippen molar-refractivity contribution in [2.24, 2.45) is 35.3 Å². The van der Waals surface area contributed by atoms with Gasteiger partial charge in [0.1, 0.15) is 23.5 Å². The zero-order valence-corrected chi connectivity index (χ0v) is 31.9. The molecule has 2 saturated carbocycles. The first-order chi connectivity index (χ1) is 24.0. The average Bonchev–Trinajstić information content (AvgIpc) is 3.44. The molecule has 7 fully saturated rings. The maximum atomic E-state index is 14.4. The quantitative estimate of drug-likeness (QED) is 0.174. The molecule has 3 aliphatic carbocycles. The fourth-order valence-corrected chi connectivity index (χ4v) is 15.3. The summed E-state index contributed by atoms with van der Waals surface area (Å²) in [6, 6.07) is 0.333. The van der Waals surface area contributed by atoms with Gasteiger partial charge in [-0.05, 0) is 77.0 Å². The summed E-state index contributed by atoms with van der Waals surface area (Å²) in [4.78, 5) is 42.7. The SMILES string of the molecule is CC=C(C)C(=O)OC1(C)CC=C2CSSC3(CCCCC3)C3CCN3C(=O)CC3C[NH2+]C(N)CC3C2C12CC1CC3CCC(=O)OC3CC1O2. The predicted molar refractivity (Wildman–Crippen MR) is 195 cm³/mol. The highest BCUT2D eigenvalue weighted by Gasteiger charge is 2.68. The zero-order valence-electron chi connectivity index (χ0n) is 30.2. The number of hydrogen-bond acceptors (Lipinski definition) is 9. The molecule has 5 heterocycles. The molecule has 0 radical (unpaired) electrons. The molecule has 1 amide bonds. The molecule has 0 aromatic carbocycles. The molecule has 5 aliphatic heterocycles. The minimum Gasteiger partial charge on any atom is -0.462 e. The van der Waals surface area contributed by atoms with E-state index in [-0.39, 0.29) is 58.7 Å². The Labute approximate surface area is 305 Å². The second kappa shape index (κ2) is 13.7. The topological polar surface area (TPSA) is 125 Å². The molecule has 0 aromatic rings. The summed E-state index contributed by atoms with van der Waals surface area (Å²) in [5, 5.41) is 2.24. The Kier molecular flexibility index (Phi) is 9.73. The van der Waals surface area contributed by atoms with Crippen molar-refractivity contribution in [2.45, 2.75) is 151 Å². The van der Waals surface area contributed by atoms with Gasteiger partial charge in [-0.25, -0.2) is 4.79 Å². The van der Waals surface area contributed by atoms with Gasteiger partial charge in [0, 0.05) is 72.6 Å². The summed E-state index contributed by atoms with van der Waals surface area (Å²) < 4.78 is 20.3. The molecule has 11 unspecified atom stereocenters. The smallest absolute Gasteiger partial charge is 0.334 e. The van der Waals surface area contributed by atoms with Gasteiger partial charge in [-0.1, -0.05) is 58.6 Å². The highest BCUT2D eigenvalue weighted by molar-refractivity contribution is 8.77. The van der Waals surface area contributed by atoms with E-state index in [1.54, 1.807) is 0 Å².